The van der Waals surface area contributed by atoms with Crippen LogP contribution in [0, 0.1) is 17.7 Å². The SMILES string of the molecule is CN1CCC(O)(C#Cc2ccc3c(c2)N(C)C(=O)C(NC(=O)c2cc(Oc4ccc(F)cc4)ccn2)CO3)CC1. The number of nitrogens with one attached hydrogen (secondary N) is 1. The van der Waals surface area contributed by atoms with Gasteiger partial charge in [-0.15, -0.1) is 0 Å². The number of aliphatic hydroxyl groups is 1. The number of carbonyl (C=O) groups excluding carboxylic acids is 2. The number of aromatic nitrogens is 1. The molecule has 2 N–H and O–H groups in total. The molecule has 2 aromatic carbocycles. The normalized spacial score (nSPS) is 18.4. The molecule has 9 nitrogen and oxygen atoms in total. The molecule has 1 unspecified atom stereocenters. The maximum Gasteiger partial charge on any atom is 0.270 e. The zero-order valence-corrected chi connectivity index (χ0v) is 22.2. The van der Waals surface area contributed by atoms with Gasteiger partial charge in [-0.25, -0.2) is 4.39 Å². The van der Waals surface area contributed by atoms with Crippen molar-refractivity contribution >= 4 is 17.5 Å². The first kappa shape index (κ1) is 27.1. The third kappa shape index (κ3) is 6.22. The van der Waals surface area contributed by atoms with E-state index in [-0.39, 0.29) is 24.0 Å². The van der Waals surface area contributed by atoms with Crippen molar-refractivity contribution in [2.75, 3.05) is 38.7 Å². The predicted octanol–water partition coefficient (Wildman–Crippen LogP) is 2.98. The Morgan fingerprint density at radius 1 is 1.12 bits per heavy atom. The summed E-state index contributed by atoms with van der Waals surface area (Å²) in [6.45, 7) is 1.47. The van der Waals surface area contributed by atoms with Gasteiger partial charge < -0.3 is 29.7 Å². The van der Waals surface area contributed by atoms with E-state index in [1.165, 1.54) is 41.4 Å². The van der Waals surface area contributed by atoms with Gasteiger partial charge in [0, 0.05) is 50.8 Å². The van der Waals surface area contributed by atoms with E-state index < -0.39 is 17.6 Å². The summed E-state index contributed by atoms with van der Waals surface area (Å²) in [7, 11) is 3.62. The highest BCUT2D eigenvalue weighted by atomic mass is 19.1. The zero-order chi connectivity index (χ0) is 28.3. The van der Waals surface area contributed by atoms with Gasteiger partial charge in [-0.1, -0.05) is 11.8 Å². The Bertz CT molecular complexity index is 1480. The summed E-state index contributed by atoms with van der Waals surface area (Å²) in [6.07, 6.45) is 2.55. The molecule has 1 atom stereocenters. The molecule has 206 valence electrons. The number of rotatable bonds is 4. The van der Waals surface area contributed by atoms with Crippen molar-refractivity contribution in [1.82, 2.24) is 15.2 Å². The Hall–Kier alpha value is -4.46. The van der Waals surface area contributed by atoms with E-state index >= 15 is 0 Å². The highest BCUT2D eigenvalue weighted by Gasteiger charge is 2.32. The summed E-state index contributed by atoms with van der Waals surface area (Å²) in [5, 5.41) is 13.5. The molecule has 1 aromatic heterocycles. The Morgan fingerprint density at radius 3 is 2.62 bits per heavy atom. The van der Waals surface area contributed by atoms with Gasteiger partial charge in [0.05, 0.1) is 5.69 Å². The van der Waals surface area contributed by atoms with Gasteiger partial charge in [-0.2, -0.15) is 0 Å². The van der Waals surface area contributed by atoms with Crippen molar-refractivity contribution in [1.29, 1.82) is 0 Å². The van der Waals surface area contributed by atoms with Crippen LogP contribution in [0.1, 0.15) is 28.9 Å². The Kier molecular flexibility index (Phi) is 7.69. The second-order valence-corrected chi connectivity index (χ2v) is 9.93. The Labute approximate surface area is 231 Å². The standard InChI is InChI=1S/C30H29FN4O5/c1-34-15-12-30(38,13-16-34)11-9-20-3-8-27-26(17-20)35(2)29(37)25(19-39-27)33-28(36)24-18-23(10-14-32-24)40-22-6-4-21(31)5-7-22/h3-8,10,14,17-18,25,38H,12-13,15-16,19H2,1-2H3,(H,33,36). The summed E-state index contributed by atoms with van der Waals surface area (Å²) >= 11 is 0. The fraction of sp³-hybridized carbons (Fsp3) is 0.300. The molecule has 0 saturated carbocycles. The quantitative estimate of drug-likeness (QED) is 0.487. The molecule has 2 amide bonds. The molecule has 2 aliphatic rings. The number of piperidine rings is 1. The topological polar surface area (TPSA) is 104 Å². The summed E-state index contributed by atoms with van der Waals surface area (Å²) < 4.78 is 24.7. The van der Waals surface area contributed by atoms with Crippen molar-refractivity contribution in [3.05, 3.63) is 77.9 Å². The van der Waals surface area contributed by atoms with E-state index in [9.17, 15) is 19.1 Å². The minimum absolute atomic E-state index is 0.0428. The summed E-state index contributed by atoms with van der Waals surface area (Å²) in [4.78, 5) is 33.9. The maximum absolute atomic E-state index is 13.3. The molecular weight excluding hydrogens is 515 g/mol. The van der Waals surface area contributed by atoms with Gasteiger partial charge in [0.25, 0.3) is 11.8 Å². The monoisotopic (exact) mass is 544 g/mol. The summed E-state index contributed by atoms with van der Waals surface area (Å²) in [5.41, 5.74) is 0.152. The van der Waals surface area contributed by atoms with Crippen LogP contribution >= 0.6 is 0 Å². The number of hydrogen-bond acceptors (Lipinski definition) is 7. The number of ether oxygens (including phenoxy) is 2. The van der Waals surface area contributed by atoms with Gasteiger partial charge in [-0.05, 0) is 55.6 Å². The number of hydrogen-bond donors (Lipinski definition) is 2. The highest BCUT2D eigenvalue weighted by Crippen LogP contribution is 2.32. The fourth-order valence-electron chi connectivity index (χ4n) is 4.45. The molecule has 3 heterocycles. The highest BCUT2D eigenvalue weighted by molar-refractivity contribution is 6.03. The molecule has 5 rings (SSSR count). The van der Waals surface area contributed by atoms with Crippen LogP contribution < -0.4 is 19.7 Å². The van der Waals surface area contributed by atoms with Crippen molar-refractivity contribution in [3.63, 3.8) is 0 Å². The van der Waals surface area contributed by atoms with Crippen molar-refractivity contribution in [3.8, 4) is 29.1 Å². The molecule has 3 aromatic rings. The van der Waals surface area contributed by atoms with E-state index in [1.807, 2.05) is 7.05 Å². The number of carbonyl (C=O) groups is 2. The third-order valence-electron chi connectivity index (χ3n) is 6.93. The summed E-state index contributed by atoms with van der Waals surface area (Å²) in [6, 6.07) is 12.7. The van der Waals surface area contributed by atoms with Gasteiger partial charge >= 0.3 is 0 Å². The lowest BCUT2D eigenvalue weighted by Crippen LogP contribution is -2.49. The van der Waals surface area contributed by atoms with Gasteiger partial charge in [-0.3, -0.25) is 14.6 Å². The van der Waals surface area contributed by atoms with Crippen molar-refractivity contribution in [2.45, 2.75) is 24.5 Å². The van der Waals surface area contributed by atoms with Gasteiger partial charge in [0.15, 0.2) is 0 Å². The largest absolute Gasteiger partial charge is 0.489 e. The lowest BCUT2D eigenvalue weighted by atomic mass is 9.92. The van der Waals surface area contributed by atoms with E-state index in [0.717, 1.165) is 13.1 Å². The number of nitrogens with zero attached hydrogens (tertiary/aromatic N) is 3. The number of likely N-dealkylation sites (tertiary alicyclic amines) is 1. The molecule has 1 fully saturated rings. The lowest BCUT2D eigenvalue weighted by Gasteiger charge is -2.32. The van der Waals surface area contributed by atoms with E-state index in [1.54, 1.807) is 31.3 Å². The zero-order valence-electron chi connectivity index (χ0n) is 22.2. The van der Waals surface area contributed by atoms with E-state index in [2.05, 4.69) is 27.0 Å². The number of likely N-dealkylation sites (N-methyl/N-ethyl adjacent to an activating group) is 1. The number of benzene rings is 2. The third-order valence-corrected chi connectivity index (χ3v) is 6.93. The van der Waals surface area contributed by atoms with Crippen LogP contribution in [0.5, 0.6) is 17.2 Å². The first-order chi connectivity index (χ1) is 19.2. The van der Waals surface area contributed by atoms with Crippen LogP contribution in [0.3, 0.4) is 0 Å². The maximum atomic E-state index is 13.3. The second-order valence-electron chi connectivity index (χ2n) is 9.93. The molecule has 0 radical (unpaired) electrons. The molecule has 2 aliphatic heterocycles. The molecular formula is C30H29FN4O5. The van der Waals surface area contributed by atoms with Gasteiger partial charge in [0.2, 0.25) is 0 Å². The molecule has 0 bridgehead atoms. The lowest BCUT2D eigenvalue weighted by molar-refractivity contribution is -0.120. The van der Waals surface area contributed by atoms with Crippen molar-refractivity contribution < 1.29 is 28.6 Å². The average molecular weight is 545 g/mol. The van der Waals surface area contributed by atoms with Crippen LogP contribution in [0.25, 0.3) is 0 Å². The van der Waals surface area contributed by atoms with Gasteiger partial charge in [0.1, 0.15) is 47.0 Å². The average Bonchev–Trinajstić information content (AvgIpc) is 3.07. The van der Waals surface area contributed by atoms with Crippen molar-refractivity contribution in [2.24, 2.45) is 0 Å². The molecule has 1 saturated heterocycles. The molecule has 0 aliphatic carbocycles. The summed E-state index contributed by atoms with van der Waals surface area (Å²) in [5.74, 6) is 5.91. The predicted molar refractivity (Wildman–Crippen MR) is 146 cm³/mol. The number of amides is 2. The van der Waals surface area contributed by atoms with E-state index in [0.29, 0.717) is 41.3 Å². The fourth-order valence-corrected chi connectivity index (χ4v) is 4.45. The Balaban J connectivity index is 1.27. The number of anilines is 1. The van der Waals surface area contributed by atoms with Crippen LogP contribution in [0.2, 0.25) is 0 Å². The molecule has 40 heavy (non-hydrogen) atoms. The number of pyridine rings is 1. The van der Waals surface area contributed by atoms with Crippen LogP contribution in [-0.2, 0) is 4.79 Å². The van der Waals surface area contributed by atoms with E-state index in [4.69, 9.17) is 9.47 Å². The number of fused-ring (bicyclic) bond motifs is 1. The molecule has 0 spiro atoms. The molecule has 10 heteroatoms. The Morgan fingerprint density at radius 2 is 1.88 bits per heavy atom. The van der Waals surface area contributed by atoms with Crippen LogP contribution in [0.4, 0.5) is 10.1 Å². The number of halogens is 1. The van der Waals surface area contributed by atoms with Crippen LogP contribution in [0.15, 0.2) is 60.8 Å². The van der Waals surface area contributed by atoms with Crippen LogP contribution in [-0.4, -0.2) is 72.2 Å². The minimum atomic E-state index is -1.04. The smallest absolute Gasteiger partial charge is 0.270 e. The first-order valence-corrected chi connectivity index (χ1v) is 12.9. The second kappa shape index (κ2) is 11.3. The minimum Gasteiger partial charge on any atom is -0.489 e. The first-order valence-electron chi connectivity index (χ1n) is 12.9.